The molecule has 20 heavy (non-hydrogen) atoms. The Bertz CT molecular complexity index is 663. The molecule has 2 aromatic rings. The van der Waals surface area contributed by atoms with Gasteiger partial charge in [0.25, 0.3) is 5.91 Å². The van der Waals surface area contributed by atoms with Gasteiger partial charge < -0.3 is 15.4 Å². The molecule has 1 fully saturated rings. The third-order valence-electron chi connectivity index (χ3n) is 3.49. The summed E-state index contributed by atoms with van der Waals surface area (Å²) in [6.07, 6.45) is 0. The molecule has 0 bridgehead atoms. The SMILES string of the molecule is Cc1cc(C(=O)N2CCOCC2)c2cc(N)ccc2n1. The third-order valence-corrected chi connectivity index (χ3v) is 3.49. The highest BCUT2D eigenvalue weighted by Crippen LogP contribution is 2.22. The lowest BCUT2D eigenvalue weighted by Gasteiger charge is -2.27. The van der Waals surface area contributed by atoms with Crippen molar-refractivity contribution < 1.29 is 9.53 Å². The van der Waals surface area contributed by atoms with E-state index in [4.69, 9.17) is 10.5 Å². The molecule has 0 radical (unpaired) electrons. The van der Waals surface area contributed by atoms with Crippen LogP contribution < -0.4 is 5.73 Å². The highest BCUT2D eigenvalue weighted by molar-refractivity contribution is 6.06. The number of nitrogens with zero attached hydrogens (tertiary/aromatic N) is 2. The van der Waals surface area contributed by atoms with E-state index in [0.717, 1.165) is 16.6 Å². The first-order valence-corrected chi connectivity index (χ1v) is 6.69. The fourth-order valence-corrected chi connectivity index (χ4v) is 2.49. The van der Waals surface area contributed by atoms with Crippen molar-refractivity contribution in [3.05, 3.63) is 35.5 Å². The Kier molecular flexibility index (Phi) is 3.28. The van der Waals surface area contributed by atoms with Crippen LogP contribution in [0, 0.1) is 6.92 Å². The Morgan fingerprint density at radius 2 is 2.05 bits per heavy atom. The molecule has 1 aromatic heterocycles. The predicted octanol–water partition coefficient (Wildman–Crippen LogP) is 1.60. The fourth-order valence-electron chi connectivity index (χ4n) is 2.49. The van der Waals surface area contributed by atoms with Gasteiger partial charge in [-0.3, -0.25) is 9.78 Å². The second kappa shape index (κ2) is 5.09. The number of anilines is 1. The number of benzene rings is 1. The minimum Gasteiger partial charge on any atom is -0.399 e. The van der Waals surface area contributed by atoms with Crippen molar-refractivity contribution in [3.63, 3.8) is 0 Å². The van der Waals surface area contributed by atoms with Crippen LogP contribution in [0.5, 0.6) is 0 Å². The number of carbonyl (C=O) groups is 1. The van der Waals surface area contributed by atoms with Crippen molar-refractivity contribution in [2.24, 2.45) is 0 Å². The fraction of sp³-hybridized carbons (Fsp3) is 0.333. The van der Waals surface area contributed by atoms with Crippen LogP contribution in [-0.4, -0.2) is 42.1 Å². The molecule has 5 heteroatoms. The number of carbonyl (C=O) groups excluding carboxylic acids is 1. The zero-order valence-corrected chi connectivity index (χ0v) is 11.4. The van der Waals surface area contributed by atoms with Gasteiger partial charge in [-0.15, -0.1) is 0 Å². The second-order valence-corrected chi connectivity index (χ2v) is 4.99. The average Bonchev–Trinajstić information content (AvgIpc) is 2.47. The topological polar surface area (TPSA) is 68.5 Å². The molecule has 2 heterocycles. The molecule has 0 spiro atoms. The first-order chi connectivity index (χ1) is 9.65. The van der Waals surface area contributed by atoms with Crippen molar-refractivity contribution in [2.75, 3.05) is 32.0 Å². The maximum atomic E-state index is 12.7. The smallest absolute Gasteiger partial charge is 0.254 e. The minimum absolute atomic E-state index is 0.0226. The number of nitrogen functional groups attached to an aromatic ring is 1. The zero-order chi connectivity index (χ0) is 14.1. The van der Waals surface area contributed by atoms with E-state index in [-0.39, 0.29) is 5.91 Å². The number of pyridine rings is 1. The highest BCUT2D eigenvalue weighted by Gasteiger charge is 2.21. The molecule has 0 atom stereocenters. The Hall–Kier alpha value is -2.14. The normalized spacial score (nSPS) is 15.6. The standard InChI is InChI=1S/C15H17N3O2/c1-10-8-13(15(19)18-4-6-20-7-5-18)12-9-11(16)2-3-14(12)17-10/h2-3,8-9H,4-7,16H2,1H3. The van der Waals surface area contributed by atoms with Gasteiger partial charge in [0.05, 0.1) is 24.3 Å². The summed E-state index contributed by atoms with van der Waals surface area (Å²) in [6.45, 7) is 4.34. The number of fused-ring (bicyclic) bond motifs is 1. The van der Waals surface area contributed by atoms with Gasteiger partial charge in [-0.2, -0.15) is 0 Å². The van der Waals surface area contributed by atoms with Crippen LogP contribution >= 0.6 is 0 Å². The molecule has 2 N–H and O–H groups in total. The number of nitrogens with two attached hydrogens (primary N) is 1. The molecule has 1 aliphatic heterocycles. The van der Waals surface area contributed by atoms with Gasteiger partial charge in [-0.1, -0.05) is 0 Å². The summed E-state index contributed by atoms with van der Waals surface area (Å²) in [7, 11) is 0. The van der Waals surface area contributed by atoms with Crippen molar-refractivity contribution in [1.29, 1.82) is 0 Å². The summed E-state index contributed by atoms with van der Waals surface area (Å²) >= 11 is 0. The maximum Gasteiger partial charge on any atom is 0.254 e. The number of ether oxygens (including phenoxy) is 1. The van der Waals surface area contributed by atoms with Gasteiger partial charge in [0.1, 0.15) is 0 Å². The number of hydrogen-bond donors (Lipinski definition) is 1. The summed E-state index contributed by atoms with van der Waals surface area (Å²) in [5.41, 5.74) is 8.78. The van der Waals surface area contributed by atoms with Gasteiger partial charge >= 0.3 is 0 Å². The molecule has 0 saturated carbocycles. The molecule has 1 amide bonds. The van der Waals surface area contributed by atoms with Gasteiger partial charge in [0, 0.05) is 29.9 Å². The van der Waals surface area contributed by atoms with Crippen LogP contribution in [0.4, 0.5) is 5.69 Å². The average molecular weight is 271 g/mol. The number of morpholine rings is 1. The first kappa shape index (κ1) is 12.9. The Labute approximate surface area is 117 Å². The first-order valence-electron chi connectivity index (χ1n) is 6.69. The summed E-state index contributed by atoms with van der Waals surface area (Å²) in [5, 5.41) is 0.812. The number of hydrogen-bond acceptors (Lipinski definition) is 4. The van der Waals surface area contributed by atoms with Crippen LogP contribution in [0.1, 0.15) is 16.1 Å². The van der Waals surface area contributed by atoms with Crippen LogP contribution in [0.3, 0.4) is 0 Å². The Balaban J connectivity index is 2.09. The number of aryl methyl sites for hydroxylation is 1. The Morgan fingerprint density at radius 1 is 1.30 bits per heavy atom. The predicted molar refractivity (Wildman–Crippen MR) is 77.6 cm³/mol. The minimum atomic E-state index is 0.0226. The van der Waals surface area contributed by atoms with E-state index in [9.17, 15) is 4.79 Å². The number of amides is 1. The van der Waals surface area contributed by atoms with E-state index in [1.165, 1.54) is 0 Å². The quantitative estimate of drug-likeness (QED) is 0.800. The van der Waals surface area contributed by atoms with E-state index in [0.29, 0.717) is 37.6 Å². The largest absolute Gasteiger partial charge is 0.399 e. The zero-order valence-electron chi connectivity index (χ0n) is 11.4. The molecule has 1 saturated heterocycles. The van der Waals surface area contributed by atoms with E-state index in [1.807, 2.05) is 30.0 Å². The molecule has 104 valence electrons. The molecule has 1 aromatic carbocycles. The second-order valence-electron chi connectivity index (χ2n) is 4.99. The Morgan fingerprint density at radius 3 is 2.80 bits per heavy atom. The van der Waals surface area contributed by atoms with E-state index < -0.39 is 0 Å². The van der Waals surface area contributed by atoms with Crippen molar-refractivity contribution >= 4 is 22.5 Å². The monoisotopic (exact) mass is 271 g/mol. The molecule has 0 unspecified atom stereocenters. The van der Waals surface area contributed by atoms with Gasteiger partial charge in [-0.05, 0) is 31.2 Å². The summed E-state index contributed by atoms with van der Waals surface area (Å²) in [5.74, 6) is 0.0226. The van der Waals surface area contributed by atoms with E-state index >= 15 is 0 Å². The molecule has 5 nitrogen and oxygen atoms in total. The lowest BCUT2D eigenvalue weighted by molar-refractivity contribution is 0.0304. The van der Waals surface area contributed by atoms with Gasteiger partial charge in [-0.25, -0.2) is 0 Å². The van der Waals surface area contributed by atoms with E-state index in [2.05, 4.69) is 4.98 Å². The molecule has 0 aliphatic carbocycles. The van der Waals surface area contributed by atoms with Crippen molar-refractivity contribution in [1.82, 2.24) is 9.88 Å². The highest BCUT2D eigenvalue weighted by atomic mass is 16.5. The van der Waals surface area contributed by atoms with Gasteiger partial charge in [0.2, 0.25) is 0 Å². The molecule has 3 rings (SSSR count). The number of aromatic nitrogens is 1. The summed E-state index contributed by atoms with van der Waals surface area (Å²) < 4.78 is 5.29. The maximum absolute atomic E-state index is 12.7. The van der Waals surface area contributed by atoms with Gasteiger partial charge in [0.15, 0.2) is 0 Å². The van der Waals surface area contributed by atoms with Crippen LogP contribution in [0.2, 0.25) is 0 Å². The summed E-state index contributed by atoms with van der Waals surface area (Å²) in [4.78, 5) is 19.0. The van der Waals surface area contributed by atoms with Crippen molar-refractivity contribution in [3.8, 4) is 0 Å². The number of rotatable bonds is 1. The summed E-state index contributed by atoms with van der Waals surface area (Å²) in [6, 6.07) is 7.31. The van der Waals surface area contributed by atoms with Crippen LogP contribution in [-0.2, 0) is 4.74 Å². The van der Waals surface area contributed by atoms with E-state index in [1.54, 1.807) is 6.07 Å². The van der Waals surface area contributed by atoms with Crippen LogP contribution in [0.15, 0.2) is 24.3 Å². The lowest BCUT2D eigenvalue weighted by Crippen LogP contribution is -2.40. The molecular weight excluding hydrogens is 254 g/mol. The lowest BCUT2D eigenvalue weighted by atomic mass is 10.1. The third kappa shape index (κ3) is 2.32. The molecular formula is C15H17N3O2. The van der Waals surface area contributed by atoms with Crippen molar-refractivity contribution in [2.45, 2.75) is 6.92 Å². The van der Waals surface area contributed by atoms with Crippen LogP contribution in [0.25, 0.3) is 10.9 Å². The molecule has 1 aliphatic rings.